The molecule has 0 aliphatic carbocycles. The third-order valence-corrected chi connectivity index (χ3v) is 2.91. The van der Waals surface area contributed by atoms with E-state index < -0.39 is 18.0 Å². The first-order chi connectivity index (χ1) is 11.4. The maximum absolute atomic E-state index is 12.2. The van der Waals surface area contributed by atoms with Gasteiger partial charge in [0.1, 0.15) is 5.75 Å². The second-order valence-electron chi connectivity index (χ2n) is 4.74. The summed E-state index contributed by atoms with van der Waals surface area (Å²) in [6.07, 6.45) is 0.345. The van der Waals surface area contributed by atoms with Crippen LogP contribution in [-0.4, -0.2) is 41.6 Å². The van der Waals surface area contributed by atoms with E-state index in [1.165, 1.54) is 12.1 Å². The van der Waals surface area contributed by atoms with Gasteiger partial charge in [-0.25, -0.2) is 4.98 Å². The Morgan fingerprint density at radius 1 is 1.29 bits per heavy atom. The highest BCUT2D eigenvalue weighted by atomic mass is 19.4. The molecule has 0 aliphatic rings. The van der Waals surface area contributed by atoms with Crippen LogP contribution in [0.25, 0.3) is 0 Å². The number of ether oxygens (including phenoxy) is 2. The van der Waals surface area contributed by atoms with Crippen LogP contribution in [0, 0.1) is 0 Å². The number of carbonyl (C=O) groups is 1. The smallest absolute Gasteiger partial charge is 0.406 e. The lowest BCUT2D eigenvalue weighted by Crippen LogP contribution is -2.27. The first-order valence-corrected chi connectivity index (χ1v) is 7.11. The molecule has 1 aromatic heterocycles. The number of hydrogen-bond donors (Lipinski definition) is 1. The number of hydrogen-bond acceptors (Lipinski definition) is 4. The van der Waals surface area contributed by atoms with Gasteiger partial charge < -0.3 is 19.4 Å². The molecular weight excluding hydrogens is 327 g/mol. The van der Waals surface area contributed by atoms with Crippen molar-refractivity contribution in [1.82, 2.24) is 14.9 Å². The molecule has 0 atom stereocenters. The van der Waals surface area contributed by atoms with E-state index in [1.807, 2.05) is 4.57 Å². The highest BCUT2D eigenvalue weighted by Gasteiger charge is 2.31. The van der Waals surface area contributed by atoms with Crippen LogP contribution in [0.2, 0.25) is 0 Å². The summed E-state index contributed by atoms with van der Waals surface area (Å²) in [7, 11) is 0. The van der Waals surface area contributed by atoms with Crippen LogP contribution in [-0.2, 0) is 11.3 Å². The molecule has 0 unspecified atom stereocenters. The summed E-state index contributed by atoms with van der Waals surface area (Å²) in [5.74, 6) is -0.937. The Morgan fingerprint density at radius 3 is 2.83 bits per heavy atom. The van der Waals surface area contributed by atoms with E-state index in [0.717, 1.165) is 12.1 Å². The highest BCUT2D eigenvalue weighted by Crippen LogP contribution is 2.23. The van der Waals surface area contributed by atoms with Crippen LogP contribution in [0.3, 0.4) is 0 Å². The van der Waals surface area contributed by atoms with Gasteiger partial charge in [-0.2, -0.15) is 0 Å². The Kier molecular flexibility index (Phi) is 6.19. The molecule has 0 fully saturated rings. The number of amides is 1. The van der Waals surface area contributed by atoms with Crippen LogP contribution >= 0.6 is 0 Å². The molecule has 0 aliphatic heterocycles. The fourth-order valence-electron chi connectivity index (χ4n) is 1.86. The quantitative estimate of drug-likeness (QED) is 0.747. The van der Waals surface area contributed by atoms with Crippen molar-refractivity contribution in [2.24, 2.45) is 0 Å². The number of rotatable bonds is 8. The summed E-state index contributed by atoms with van der Waals surface area (Å²) < 4.78 is 47.4. The molecule has 1 aromatic carbocycles. The van der Waals surface area contributed by atoms with Gasteiger partial charge in [-0.3, -0.25) is 4.79 Å². The molecule has 2 rings (SSSR count). The first-order valence-electron chi connectivity index (χ1n) is 7.11. The van der Waals surface area contributed by atoms with E-state index in [2.05, 4.69) is 15.0 Å². The van der Waals surface area contributed by atoms with Crippen molar-refractivity contribution in [3.63, 3.8) is 0 Å². The van der Waals surface area contributed by atoms with Crippen molar-refractivity contribution < 1.29 is 27.4 Å². The number of benzene rings is 1. The molecular formula is C15H16F3N3O3. The zero-order valence-electron chi connectivity index (χ0n) is 12.6. The Bertz CT molecular complexity index is 645. The molecule has 0 radical (unpaired) electrons. The van der Waals surface area contributed by atoms with Crippen molar-refractivity contribution in [2.45, 2.75) is 12.9 Å². The van der Waals surface area contributed by atoms with Crippen LogP contribution in [0.1, 0.15) is 10.4 Å². The van der Waals surface area contributed by atoms with E-state index in [9.17, 15) is 18.0 Å². The molecule has 0 saturated heterocycles. The minimum Gasteiger partial charge on any atom is -0.406 e. The minimum absolute atomic E-state index is 0.0789. The lowest BCUT2D eigenvalue weighted by molar-refractivity contribution is -0.274. The molecule has 6 nitrogen and oxygen atoms in total. The van der Waals surface area contributed by atoms with Gasteiger partial charge in [0.05, 0.1) is 19.5 Å². The number of carbonyl (C=O) groups excluding carboxylic acids is 1. The van der Waals surface area contributed by atoms with Crippen LogP contribution < -0.4 is 10.1 Å². The van der Waals surface area contributed by atoms with Crippen LogP contribution in [0.5, 0.6) is 5.75 Å². The van der Waals surface area contributed by atoms with Gasteiger partial charge in [-0.15, -0.1) is 13.2 Å². The average molecular weight is 343 g/mol. The minimum atomic E-state index is -4.79. The fraction of sp³-hybridized carbons (Fsp3) is 0.333. The molecule has 2 aromatic rings. The summed E-state index contributed by atoms with van der Waals surface area (Å²) in [5.41, 5.74) is 0.0789. The van der Waals surface area contributed by atoms with E-state index >= 15 is 0 Å². The van der Waals surface area contributed by atoms with Crippen LogP contribution in [0.15, 0.2) is 43.0 Å². The molecule has 24 heavy (non-hydrogen) atoms. The van der Waals surface area contributed by atoms with Crippen molar-refractivity contribution in [3.8, 4) is 5.75 Å². The number of imidazole rings is 1. The predicted molar refractivity (Wildman–Crippen MR) is 78.5 cm³/mol. The summed E-state index contributed by atoms with van der Waals surface area (Å²) in [5, 5.41) is 2.56. The van der Waals surface area contributed by atoms with Gasteiger partial charge in [-0.1, -0.05) is 6.07 Å². The monoisotopic (exact) mass is 343 g/mol. The van der Waals surface area contributed by atoms with Crippen molar-refractivity contribution in [1.29, 1.82) is 0 Å². The standard InChI is InChI=1S/C15H16F3N3O3/c16-15(17,18)24-13-3-1-2-12(10-13)14(22)20-5-8-23-9-7-21-6-4-19-11-21/h1-4,6,10-11H,5,7-9H2,(H,20,22). The van der Waals surface area contributed by atoms with E-state index in [-0.39, 0.29) is 12.1 Å². The second kappa shape index (κ2) is 8.34. The molecule has 1 amide bonds. The number of nitrogens with one attached hydrogen (secondary N) is 1. The summed E-state index contributed by atoms with van der Waals surface area (Å²) in [4.78, 5) is 15.8. The SMILES string of the molecule is O=C(NCCOCCn1ccnc1)c1cccc(OC(F)(F)F)c1. The first kappa shape index (κ1) is 17.8. The topological polar surface area (TPSA) is 65.4 Å². The second-order valence-corrected chi connectivity index (χ2v) is 4.74. The molecule has 0 spiro atoms. The zero-order chi connectivity index (χ0) is 17.4. The number of halogens is 3. The molecule has 1 N–H and O–H groups in total. The summed E-state index contributed by atoms with van der Waals surface area (Å²) >= 11 is 0. The van der Waals surface area contributed by atoms with Crippen molar-refractivity contribution in [3.05, 3.63) is 48.5 Å². The van der Waals surface area contributed by atoms with E-state index in [4.69, 9.17) is 4.74 Å². The van der Waals surface area contributed by atoms with Gasteiger partial charge >= 0.3 is 6.36 Å². The van der Waals surface area contributed by atoms with Crippen molar-refractivity contribution >= 4 is 5.91 Å². The molecule has 1 heterocycles. The lowest BCUT2D eigenvalue weighted by Gasteiger charge is -2.10. The summed E-state index contributed by atoms with van der Waals surface area (Å²) in [6, 6.07) is 4.88. The molecule has 0 saturated carbocycles. The largest absolute Gasteiger partial charge is 0.573 e. The summed E-state index contributed by atoms with van der Waals surface area (Å²) in [6.45, 7) is 1.64. The molecule has 9 heteroatoms. The zero-order valence-corrected chi connectivity index (χ0v) is 12.6. The van der Waals surface area contributed by atoms with Gasteiger partial charge in [0.25, 0.3) is 5.91 Å². The lowest BCUT2D eigenvalue weighted by atomic mass is 10.2. The highest BCUT2D eigenvalue weighted by molar-refractivity contribution is 5.94. The van der Waals surface area contributed by atoms with Gasteiger partial charge in [0.15, 0.2) is 0 Å². The molecule has 130 valence electrons. The van der Waals surface area contributed by atoms with E-state index in [1.54, 1.807) is 18.7 Å². The van der Waals surface area contributed by atoms with Crippen molar-refractivity contribution in [2.75, 3.05) is 19.8 Å². The third kappa shape index (κ3) is 6.29. The Morgan fingerprint density at radius 2 is 2.12 bits per heavy atom. The Labute approximate surface area is 136 Å². The van der Waals surface area contributed by atoms with Gasteiger partial charge in [0.2, 0.25) is 0 Å². The maximum atomic E-state index is 12.2. The fourth-order valence-corrected chi connectivity index (χ4v) is 1.86. The van der Waals surface area contributed by atoms with Crippen LogP contribution in [0.4, 0.5) is 13.2 Å². The van der Waals surface area contributed by atoms with Gasteiger partial charge in [-0.05, 0) is 18.2 Å². The Hall–Kier alpha value is -2.55. The molecule has 0 bridgehead atoms. The predicted octanol–water partition coefficient (Wildman–Crippen LogP) is 2.23. The third-order valence-electron chi connectivity index (χ3n) is 2.91. The number of alkyl halides is 3. The normalized spacial score (nSPS) is 11.3. The Balaban J connectivity index is 1.69. The van der Waals surface area contributed by atoms with Gasteiger partial charge in [0, 0.05) is 31.0 Å². The number of aromatic nitrogens is 2. The van der Waals surface area contributed by atoms with E-state index in [0.29, 0.717) is 19.8 Å². The average Bonchev–Trinajstić information content (AvgIpc) is 3.02. The number of nitrogens with zero attached hydrogens (tertiary/aromatic N) is 2. The maximum Gasteiger partial charge on any atom is 0.573 e.